The molecule has 2 heterocycles. The normalized spacial score (nSPS) is 11.2. The van der Waals surface area contributed by atoms with Gasteiger partial charge in [0.2, 0.25) is 11.9 Å². The highest BCUT2D eigenvalue weighted by Crippen LogP contribution is 2.22. The maximum atomic E-state index is 12.9. The minimum absolute atomic E-state index is 0.0234. The van der Waals surface area contributed by atoms with Gasteiger partial charge >= 0.3 is 0 Å². The van der Waals surface area contributed by atoms with Gasteiger partial charge in [-0.25, -0.2) is 4.98 Å². The quantitative estimate of drug-likeness (QED) is 0.518. The van der Waals surface area contributed by atoms with Gasteiger partial charge in [0.15, 0.2) is 0 Å². The van der Waals surface area contributed by atoms with Crippen molar-refractivity contribution >= 4 is 17.6 Å². The first-order chi connectivity index (χ1) is 14.5. The molecule has 0 unspecified atom stereocenters. The highest BCUT2D eigenvalue weighted by atomic mass is 16.1. The van der Waals surface area contributed by atoms with Crippen LogP contribution in [0.15, 0.2) is 60.7 Å². The Balaban J connectivity index is 1.53. The molecule has 0 saturated heterocycles. The highest BCUT2D eigenvalue weighted by Gasteiger charge is 2.18. The van der Waals surface area contributed by atoms with E-state index in [0.717, 1.165) is 28.1 Å². The third-order valence-corrected chi connectivity index (χ3v) is 5.24. The Morgan fingerprint density at radius 1 is 1.00 bits per heavy atom. The Kier molecular flexibility index (Phi) is 5.43. The lowest BCUT2D eigenvalue weighted by atomic mass is 9.98. The van der Waals surface area contributed by atoms with Crippen molar-refractivity contribution in [2.75, 3.05) is 5.73 Å². The van der Waals surface area contributed by atoms with Gasteiger partial charge in [-0.3, -0.25) is 4.79 Å². The van der Waals surface area contributed by atoms with E-state index < -0.39 is 0 Å². The van der Waals surface area contributed by atoms with E-state index in [1.807, 2.05) is 74.5 Å². The van der Waals surface area contributed by atoms with E-state index in [1.165, 1.54) is 0 Å². The summed E-state index contributed by atoms with van der Waals surface area (Å²) < 4.78 is 1.63. The number of fused-ring (bicyclic) bond motifs is 1. The highest BCUT2D eigenvalue weighted by molar-refractivity contribution is 5.77. The van der Waals surface area contributed by atoms with Crippen LogP contribution in [0.25, 0.3) is 5.78 Å². The summed E-state index contributed by atoms with van der Waals surface area (Å²) in [6, 6.07) is 19.8. The lowest BCUT2D eigenvalue weighted by Crippen LogP contribution is -2.29. The molecule has 0 atom stereocenters. The fourth-order valence-corrected chi connectivity index (χ4v) is 3.71. The second-order valence-electron chi connectivity index (χ2n) is 7.26. The van der Waals surface area contributed by atoms with Crippen molar-refractivity contribution in [3.63, 3.8) is 0 Å². The van der Waals surface area contributed by atoms with E-state index in [4.69, 9.17) is 5.73 Å². The Hall–Kier alpha value is -3.74. The molecule has 2 aromatic carbocycles. The Morgan fingerprint density at radius 2 is 1.60 bits per heavy atom. The minimum atomic E-state index is -0.196. The van der Waals surface area contributed by atoms with E-state index >= 15 is 0 Å². The number of hydrogen-bond donors (Lipinski definition) is 2. The number of amides is 1. The van der Waals surface area contributed by atoms with Gasteiger partial charge in [0.25, 0.3) is 5.78 Å². The number of carbonyl (C=O) groups excluding carboxylic acids is 1. The summed E-state index contributed by atoms with van der Waals surface area (Å²) in [7, 11) is 0. The number of carbonyl (C=O) groups is 1. The van der Waals surface area contributed by atoms with Crippen molar-refractivity contribution in [2.45, 2.75) is 32.7 Å². The van der Waals surface area contributed by atoms with Gasteiger partial charge in [0, 0.05) is 17.8 Å². The molecule has 0 spiro atoms. The number of aryl methyl sites for hydroxylation is 2. The average Bonchev–Trinajstić information content (AvgIpc) is 3.13. The van der Waals surface area contributed by atoms with Crippen LogP contribution < -0.4 is 11.1 Å². The molecule has 3 N–H and O–H groups in total. The van der Waals surface area contributed by atoms with Gasteiger partial charge in [-0.2, -0.15) is 9.50 Å². The first kappa shape index (κ1) is 19.6. The van der Waals surface area contributed by atoms with Crippen molar-refractivity contribution in [1.82, 2.24) is 24.9 Å². The van der Waals surface area contributed by atoms with Gasteiger partial charge in [-0.15, -0.1) is 5.10 Å². The number of nitrogens with two attached hydrogens (primary N) is 1. The zero-order chi connectivity index (χ0) is 21.1. The molecule has 30 heavy (non-hydrogen) atoms. The number of nitrogens with zero attached hydrogens (tertiary/aromatic N) is 4. The molecule has 152 valence electrons. The standard InChI is InChI=1S/C23H24N6O/c1-15-19(16(2)29-23(25-15)27-22(24)28-29)13-14-20(30)26-21(17-9-5-3-6-10-17)18-11-7-4-8-12-18/h3-12,21H,13-14H2,1-2H3,(H2,24,28)(H,26,30). The maximum absolute atomic E-state index is 12.9. The predicted molar refractivity (Wildman–Crippen MR) is 116 cm³/mol. The topological polar surface area (TPSA) is 98.2 Å². The number of nitrogen functional groups attached to an aromatic ring is 1. The van der Waals surface area contributed by atoms with Crippen LogP contribution in [0, 0.1) is 13.8 Å². The summed E-state index contributed by atoms with van der Waals surface area (Å²) in [5, 5.41) is 7.38. The zero-order valence-electron chi connectivity index (χ0n) is 17.0. The van der Waals surface area contributed by atoms with Crippen LogP contribution in [0.2, 0.25) is 0 Å². The van der Waals surface area contributed by atoms with Crippen molar-refractivity contribution in [1.29, 1.82) is 0 Å². The van der Waals surface area contributed by atoms with E-state index in [0.29, 0.717) is 18.6 Å². The Labute approximate surface area is 175 Å². The Bertz CT molecular complexity index is 1130. The summed E-state index contributed by atoms with van der Waals surface area (Å²) >= 11 is 0. The summed E-state index contributed by atoms with van der Waals surface area (Å²) in [6.07, 6.45) is 0.901. The molecule has 0 aliphatic heterocycles. The summed E-state index contributed by atoms with van der Waals surface area (Å²) in [6.45, 7) is 3.86. The molecule has 0 aliphatic rings. The monoisotopic (exact) mass is 400 g/mol. The zero-order valence-corrected chi connectivity index (χ0v) is 17.0. The summed E-state index contributed by atoms with van der Waals surface area (Å²) in [5.41, 5.74) is 10.5. The van der Waals surface area contributed by atoms with Crippen LogP contribution in [-0.2, 0) is 11.2 Å². The molecule has 0 aliphatic carbocycles. The first-order valence-corrected chi connectivity index (χ1v) is 9.90. The van der Waals surface area contributed by atoms with Gasteiger partial charge in [-0.05, 0) is 37.0 Å². The molecule has 7 heteroatoms. The largest absolute Gasteiger partial charge is 0.366 e. The third kappa shape index (κ3) is 4.00. The first-order valence-electron chi connectivity index (χ1n) is 9.90. The van der Waals surface area contributed by atoms with Crippen molar-refractivity contribution in [3.8, 4) is 0 Å². The smallest absolute Gasteiger partial charge is 0.254 e. The lowest BCUT2D eigenvalue weighted by Gasteiger charge is -2.20. The van der Waals surface area contributed by atoms with Crippen LogP contribution in [0.5, 0.6) is 0 Å². The summed E-state index contributed by atoms with van der Waals surface area (Å²) in [5.74, 6) is 0.641. The predicted octanol–water partition coefficient (Wildman–Crippen LogP) is 3.16. The fourth-order valence-electron chi connectivity index (χ4n) is 3.71. The molecule has 4 aromatic rings. The van der Waals surface area contributed by atoms with Crippen molar-refractivity contribution < 1.29 is 4.79 Å². The van der Waals surface area contributed by atoms with Crippen LogP contribution >= 0.6 is 0 Å². The molecular weight excluding hydrogens is 376 g/mol. The van der Waals surface area contributed by atoms with Crippen LogP contribution in [0.1, 0.15) is 40.5 Å². The van der Waals surface area contributed by atoms with E-state index in [-0.39, 0.29) is 17.9 Å². The molecule has 4 rings (SSSR count). The molecule has 1 amide bonds. The molecule has 0 bridgehead atoms. The summed E-state index contributed by atoms with van der Waals surface area (Å²) in [4.78, 5) is 21.5. The van der Waals surface area contributed by atoms with Crippen LogP contribution in [-0.4, -0.2) is 25.5 Å². The second-order valence-corrected chi connectivity index (χ2v) is 7.26. The number of nitrogens with one attached hydrogen (secondary N) is 1. The fraction of sp³-hybridized carbons (Fsp3) is 0.217. The number of aromatic nitrogens is 4. The van der Waals surface area contributed by atoms with E-state index in [9.17, 15) is 4.79 Å². The molecule has 7 nitrogen and oxygen atoms in total. The Morgan fingerprint density at radius 3 is 2.20 bits per heavy atom. The molecule has 0 fully saturated rings. The lowest BCUT2D eigenvalue weighted by molar-refractivity contribution is -0.121. The van der Waals surface area contributed by atoms with Gasteiger partial charge < -0.3 is 11.1 Å². The van der Waals surface area contributed by atoms with Crippen LogP contribution in [0.3, 0.4) is 0 Å². The number of benzene rings is 2. The second kappa shape index (κ2) is 8.32. The molecule has 0 saturated carbocycles. The number of anilines is 1. The van der Waals surface area contributed by atoms with E-state index in [2.05, 4.69) is 20.4 Å². The molecule has 2 aromatic heterocycles. The van der Waals surface area contributed by atoms with Crippen molar-refractivity contribution in [3.05, 3.63) is 88.7 Å². The molecular formula is C23H24N6O. The molecule has 0 radical (unpaired) electrons. The van der Waals surface area contributed by atoms with E-state index in [1.54, 1.807) is 4.52 Å². The number of hydrogen-bond acceptors (Lipinski definition) is 5. The SMILES string of the molecule is Cc1nc2nc(N)nn2c(C)c1CCC(=O)NC(c1ccccc1)c1ccccc1. The van der Waals surface area contributed by atoms with Gasteiger partial charge in [-0.1, -0.05) is 60.7 Å². The third-order valence-electron chi connectivity index (χ3n) is 5.24. The average molecular weight is 400 g/mol. The minimum Gasteiger partial charge on any atom is -0.366 e. The number of rotatable bonds is 6. The van der Waals surface area contributed by atoms with Crippen LogP contribution in [0.4, 0.5) is 5.95 Å². The van der Waals surface area contributed by atoms with Gasteiger partial charge in [0.05, 0.1) is 6.04 Å². The van der Waals surface area contributed by atoms with Gasteiger partial charge in [0.1, 0.15) is 0 Å². The maximum Gasteiger partial charge on any atom is 0.254 e. The van der Waals surface area contributed by atoms with Crippen molar-refractivity contribution in [2.24, 2.45) is 0 Å².